The first-order chi connectivity index (χ1) is 6.32. The molecule has 78 valence electrons. The largest absolute Gasteiger partial charge is 0.388 e. The highest BCUT2D eigenvalue weighted by Crippen LogP contribution is 2.35. The van der Waals surface area contributed by atoms with Gasteiger partial charge in [0.05, 0.1) is 6.10 Å². The monoisotopic (exact) mass is 320 g/mol. The Kier molecular flexibility index (Phi) is 3.78. The van der Waals surface area contributed by atoms with Gasteiger partial charge in [0.15, 0.2) is 0 Å². The van der Waals surface area contributed by atoms with Crippen LogP contribution in [0.5, 0.6) is 0 Å². The van der Waals surface area contributed by atoms with Crippen LogP contribution >= 0.6 is 31.9 Å². The molecular formula is C11H14Br2O. The lowest BCUT2D eigenvalue weighted by atomic mass is 9.85. The van der Waals surface area contributed by atoms with E-state index in [2.05, 4.69) is 31.9 Å². The van der Waals surface area contributed by atoms with E-state index in [1.54, 1.807) is 0 Å². The topological polar surface area (TPSA) is 20.2 Å². The molecule has 0 aliphatic heterocycles. The molecule has 0 aliphatic carbocycles. The van der Waals surface area contributed by atoms with E-state index in [1.165, 1.54) is 0 Å². The number of aliphatic hydroxyl groups is 1. The quantitative estimate of drug-likeness (QED) is 0.818. The second-order valence-corrected chi connectivity index (χ2v) is 6.15. The second kappa shape index (κ2) is 4.33. The van der Waals surface area contributed by atoms with Crippen LogP contribution in [0.3, 0.4) is 0 Å². The van der Waals surface area contributed by atoms with Crippen LogP contribution in [0.15, 0.2) is 27.1 Å². The Morgan fingerprint density at radius 2 is 1.71 bits per heavy atom. The first-order valence-corrected chi connectivity index (χ1v) is 6.04. The van der Waals surface area contributed by atoms with Gasteiger partial charge in [-0.3, -0.25) is 0 Å². The minimum atomic E-state index is -0.438. The first kappa shape index (κ1) is 12.2. The van der Waals surface area contributed by atoms with E-state index in [0.717, 1.165) is 14.5 Å². The smallest absolute Gasteiger partial charge is 0.0838 e. The highest BCUT2D eigenvalue weighted by atomic mass is 79.9. The zero-order chi connectivity index (χ0) is 10.9. The molecule has 0 radical (unpaired) electrons. The van der Waals surface area contributed by atoms with Gasteiger partial charge in [0.2, 0.25) is 0 Å². The Labute approximate surface area is 102 Å². The van der Waals surface area contributed by atoms with Gasteiger partial charge in [-0.2, -0.15) is 0 Å². The summed E-state index contributed by atoms with van der Waals surface area (Å²) in [6, 6.07) is 5.82. The summed E-state index contributed by atoms with van der Waals surface area (Å²) in [6.07, 6.45) is -0.438. The zero-order valence-corrected chi connectivity index (χ0v) is 11.7. The van der Waals surface area contributed by atoms with Crippen molar-refractivity contribution in [1.82, 2.24) is 0 Å². The number of hydrogen-bond acceptors (Lipinski definition) is 1. The zero-order valence-electron chi connectivity index (χ0n) is 8.51. The third kappa shape index (κ3) is 2.81. The summed E-state index contributed by atoms with van der Waals surface area (Å²) in [5, 5.41) is 10.0. The molecule has 0 aliphatic rings. The van der Waals surface area contributed by atoms with Gasteiger partial charge in [-0.05, 0) is 55.0 Å². The summed E-state index contributed by atoms with van der Waals surface area (Å²) in [5.74, 6) is 0. The molecule has 0 spiro atoms. The van der Waals surface area contributed by atoms with E-state index in [-0.39, 0.29) is 5.41 Å². The molecule has 1 atom stereocenters. The number of halogens is 2. The highest BCUT2D eigenvalue weighted by molar-refractivity contribution is 9.13. The molecule has 1 nitrogen and oxygen atoms in total. The summed E-state index contributed by atoms with van der Waals surface area (Å²) >= 11 is 6.82. The molecule has 0 fully saturated rings. The van der Waals surface area contributed by atoms with Crippen LogP contribution in [0.25, 0.3) is 0 Å². The standard InChI is InChI=1S/C11H14Br2O/c1-11(2,3)10(14)7-4-5-8(12)9(13)6-7/h4-6,10,14H,1-3H3. The summed E-state index contributed by atoms with van der Waals surface area (Å²) in [4.78, 5) is 0. The first-order valence-electron chi connectivity index (χ1n) is 4.45. The molecule has 0 saturated heterocycles. The molecule has 3 heteroatoms. The van der Waals surface area contributed by atoms with Crippen molar-refractivity contribution in [3.8, 4) is 0 Å². The predicted octanol–water partition coefficient (Wildman–Crippen LogP) is 4.29. The van der Waals surface area contributed by atoms with Crippen molar-refractivity contribution in [1.29, 1.82) is 0 Å². The Hall–Kier alpha value is 0.140. The van der Waals surface area contributed by atoms with Crippen molar-refractivity contribution >= 4 is 31.9 Å². The Morgan fingerprint density at radius 1 is 1.14 bits per heavy atom. The summed E-state index contributed by atoms with van der Waals surface area (Å²) in [6.45, 7) is 6.06. The van der Waals surface area contributed by atoms with Gasteiger partial charge in [0, 0.05) is 8.95 Å². The maximum absolute atomic E-state index is 10.0. The van der Waals surface area contributed by atoms with E-state index in [4.69, 9.17) is 0 Å². The Morgan fingerprint density at radius 3 is 2.14 bits per heavy atom. The molecule has 14 heavy (non-hydrogen) atoms. The highest BCUT2D eigenvalue weighted by Gasteiger charge is 2.23. The Balaban J connectivity index is 3.03. The second-order valence-electron chi connectivity index (χ2n) is 4.44. The number of hydrogen-bond donors (Lipinski definition) is 1. The van der Waals surface area contributed by atoms with Gasteiger partial charge in [-0.15, -0.1) is 0 Å². The van der Waals surface area contributed by atoms with Crippen molar-refractivity contribution < 1.29 is 5.11 Å². The van der Waals surface area contributed by atoms with Crippen molar-refractivity contribution in [3.05, 3.63) is 32.7 Å². The van der Waals surface area contributed by atoms with Crippen LogP contribution < -0.4 is 0 Å². The fourth-order valence-corrected chi connectivity index (χ4v) is 1.83. The molecule has 1 aromatic carbocycles. The third-order valence-corrected chi connectivity index (χ3v) is 3.96. The molecule has 0 bridgehead atoms. The van der Waals surface area contributed by atoms with Gasteiger partial charge in [-0.1, -0.05) is 26.8 Å². The molecule has 0 aromatic heterocycles. The van der Waals surface area contributed by atoms with Crippen molar-refractivity contribution in [3.63, 3.8) is 0 Å². The van der Waals surface area contributed by atoms with Crippen LogP contribution in [-0.4, -0.2) is 5.11 Å². The van der Waals surface area contributed by atoms with E-state index in [0.29, 0.717) is 0 Å². The van der Waals surface area contributed by atoms with Gasteiger partial charge in [0.1, 0.15) is 0 Å². The molecular weight excluding hydrogens is 308 g/mol. The van der Waals surface area contributed by atoms with Gasteiger partial charge in [0.25, 0.3) is 0 Å². The molecule has 1 aromatic rings. The lowest BCUT2D eigenvalue weighted by molar-refractivity contribution is 0.0626. The van der Waals surface area contributed by atoms with Crippen molar-refractivity contribution in [2.24, 2.45) is 5.41 Å². The van der Waals surface area contributed by atoms with E-state index in [9.17, 15) is 5.11 Å². The van der Waals surface area contributed by atoms with E-state index < -0.39 is 6.10 Å². The SMILES string of the molecule is CC(C)(C)C(O)c1ccc(Br)c(Br)c1. The predicted molar refractivity (Wildman–Crippen MR) is 66.3 cm³/mol. The van der Waals surface area contributed by atoms with Crippen molar-refractivity contribution in [2.75, 3.05) is 0 Å². The summed E-state index contributed by atoms with van der Waals surface area (Å²) in [7, 11) is 0. The van der Waals surface area contributed by atoms with Gasteiger partial charge < -0.3 is 5.11 Å². The minimum absolute atomic E-state index is 0.132. The average Bonchev–Trinajstić information content (AvgIpc) is 2.07. The summed E-state index contributed by atoms with van der Waals surface area (Å²) in [5.41, 5.74) is 0.806. The van der Waals surface area contributed by atoms with Gasteiger partial charge >= 0.3 is 0 Å². The molecule has 1 unspecified atom stereocenters. The third-order valence-electron chi connectivity index (χ3n) is 2.08. The minimum Gasteiger partial charge on any atom is -0.388 e. The lowest BCUT2D eigenvalue weighted by Gasteiger charge is -2.26. The fourth-order valence-electron chi connectivity index (χ4n) is 1.18. The summed E-state index contributed by atoms with van der Waals surface area (Å²) < 4.78 is 1.97. The van der Waals surface area contributed by atoms with Crippen LogP contribution in [0.2, 0.25) is 0 Å². The molecule has 0 saturated carbocycles. The maximum Gasteiger partial charge on any atom is 0.0838 e. The lowest BCUT2D eigenvalue weighted by Crippen LogP contribution is -2.17. The number of rotatable bonds is 1. The molecule has 0 amide bonds. The number of aliphatic hydroxyl groups excluding tert-OH is 1. The number of benzene rings is 1. The van der Waals surface area contributed by atoms with E-state index in [1.807, 2.05) is 39.0 Å². The van der Waals surface area contributed by atoms with Gasteiger partial charge in [-0.25, -0.2) is 0 Å². The van der Waals surface area contributed by atoms with Crippen molar-refractivity contribution in [2.45, 2.75) is 26.9 Å². The fraction of sp³-hybridized carbons (Fsp3) is 0.455. The Bertz CT molecular complexity index is 329. The van der Waals surface area contributed by atoms with Crippen LogP contribution in [0.1, 0.15) is 32.4 Å². The average molecular weight is 322 g/mol. The molecule has 0 heterocycles. The van der Waals surface area contributed by atoms with Crippen LogP contribution in [0.4, 0.5) is 0 Å². The van der Waals surface area contributed by atoms with Crippen LogP contribution in [0, 0.1) is 5.41 Å². The molecule has 1 rings (SSSR count). The normalized spacial score (nSPS) is 14.1. The van der Waals surface area contributed by atoms with E-state index >= 15 is 0 Å². The molecule has 1 N–H and O–H groups in total. The van der Waals surface area contributed by atoms with Crippen LogP contribution in [-0.2, 0) is 0 Å². The maximum atomic E-state index is 10.0.